The molecule has 0 aliphatic heterocycles. The molecule has 0 spiro atoms. The monoisotopic (exact) mass is 365 g/mol. The van der Waals surface area contributed by atoms with Gasteiger partial charge in [-0.15, -0.1) is 0 Å². The van der Waals surface area contributed by atoms with Gasteiger partial charge in [-0.25, -0.2) is 4.98 Å². The third-order valence-electron chi connectivity index (χ3n) is 4.67. The standard InChI is InChI=1S/C21H24N4O2/c1-3-25(14-20(26)22-15(2)16-9-5-4-6-10-16)13-19-23-18-12-8-7-11-17(18)21(27)24-19/h4-12,15H,3,13-14H2,1-2H3,(H,22,26)(H,23,24,27)/p+1/t15-/m1/s1. The van der Waals surface area contributed by atoms with Crippen molar-refractivity contribution in [2.45, 2.75) is 26.4 Å². The van der Waals surface area contributed by atoms with Gasteiger partial charge in [0, 0.05) is 0 Å². The minimum absolute atomic E-state index is 0.0219. The third kappa shape index (κ3) is 4.80. The molecule has 0 radical (unpaired) electrons. The van der Waals surface area contributed by atoms with Crippen LogP contribution in [-0.2, 0) is 11.3 Å². The lowest BCUT2D eigenvalue weighted by atomic mass is 10.1. The number of aromatic nitrogens is 2. The smallest absolute Gasteiger partial charge is 0.275 e. The molecular weight excluding hydrogens is 340 g/mol. The van der Waals surface area contributed by atoms with Crippen LogP contribution in [0.2, 0.25) is 0 Å². The summed E-state index contributed by atoms with van der Waals surface area (Å²) >= 11 is 0. The predicted molar refractivity (Wildman–Crippen MR) is 105 cm³/mol. The van der Waals surface area contributed by atoms with Crippen molar-refractivity contribution in [3.8, 4) is 0 Å². The number of quaternary nitrogens is 1. The van der Waals surface area contributed by atoms with E-state index in [9.17, 15) is 9.59 Å². The number of likely N-dealkylation sites (N-methyl/N-ethyl adjacent to an activating group) is 1. The number of hydrogen-bond acceptors (Lipinski definition) is 3. The van der Waals surface area contributed by atoms with Crippen molar-refractivity contribution in [2.75, 3.05) is 13.1 Å². The molecule has 0 fully saturated rings. The van der Waals surface area contributed by atoms with Crippen LogP contribution in [0.3, 0.4) is 0 Å². The van der Waals surface area contributed by atoms with E-state index in [1.807, 2.05) is 62.4 Å². The first kappa shape index (κ1) is 18.8. The van der Waals surface area contributed by atoms with E-state index in [0.29, 0.717) is 29.8 Å². The first-order chi connectivity index (χ1) is 13.1. The van der Waals surface area contributed by atoms with Crippen LogP contribution in [0, 0.1) is 0 Å². The molecule has 6 nitrogen and oxygen atoms in total. The Hall–Kier alpha value is -2.99. The number of aromatic amines is 1. The van der Waals surface area contributed by atoms with Crippen LogP contribution in [0.25, 0.3) is 10.9 Å². The predicted octanol–water partition coefficient (Wildman–Crippen LogP) is 1.21. The molecule has 1 amide bonds. The van der Waals surface area contributed by atoms with Gasteiger partial charge in [0.25, 0.3) is 11.5 Å². The van der Waals surface area contributed by atoms with Crippen LogP contribution in [0.15, 0.2) is 59.4 Å². The molecule has 2 atom stereocenters. The average Bonchev–Trinajstić information content (AvgIpc) is 2.68. The molecule has 140 valence electrons. The fraction of sp³-hybridized carbons (Fsp3) is 0.286. The Morgan fingerprint density at radius 1 is 1.15 bits per heavy atom. The van der Waals surface area contributed by atoms with E-state index >= 15 is 0 Å². The zero-order chi connectivity index (χ0) is 19.2. The first-order valence-corrected chi connectivity index (χ1v) is 9.22. The molecule has 0 aliphatic carbocycles. The highest BCUT2D eigenvalue weighted by Crippen LogP contribution is 2.10. The molecule has 1 aromatic heterocycles. The van der Waals surface area contributed by atoms with Gasteiger partial charge in [0.05, 0.1) is 23.5 Å². The Bertz CT molecular complexity index is 969. The Kier molecular flexibility index (Phi) is 5.98. The van der Waals surface area contributed by atoms with Crippen molar-refractivity contribution in [1.29, 1.82) is 0 Å². The van der Waals surface area contributed by atoms with Gasteiger partial charge in [-0.1, -0.05) is 42.5 Å². The summed E-state index contributed by atoms with van der Waals surface area (Å²) in [4.78, 5) is 33.1. The highest BCUT2D eigenvalue weighted by atomic mass is 16.2. The Morgan fingerprint density at radius 2 is 1.85 bits per heavy atom. The molecule has 0 aliphatic rings. The first-order valence-electron chi connectivity index (χ1n) is 9.22. The van der Waals surface area contributed by atoms with Crippen molar-refractivity contribution < 1.29 is 9.69 Å². The second-order valence-electron chi connectivity index (χ2n) is 6.69. The molecule has 0 saturated heterocycles. The second-order valence-corrected chi connectivity index (χ2v) is 6.69. The quantitative estimate of drug-likeness (QED) is 0.589. The summed E-state index contributed by atoms with van der Waals surface area (Å²) in [6, 6.07) is 17.1. The zero-order valence-electron chi connectivity index (χ0n) is 15.7. The van der Waals surface area contributed by atoms with Crippen molar-refractivity contribution in [1.82, 2.24) is 15.3 Å². The van der Waals surface area contributed by atoms with Crippen molar-refractivity contribution >= 4 is 16.8 Å². The molecule has 6 heteroatoms. The SMILES string of the molecule is CC[NH+](CC(=O)N[C@H](C)c1ccccc1)Cc1nc2ccccc2c(=O)[nH]1. The van der Waals surface area contributed by atoms with E-state index < -0.39 is 0 Å². The lowest BCUT2D eigenvalue weighted by Gasteiger charge is -2.19. The Labute approximate surface area is 158 Å². The Morgan fingerprint density at radius 3 is 2.59 bits per heavy atom. The van der Waals surface area contributed by atoms with Gasteiger partial charge in [-0.05, 0) is 31.5 Å². The van der Waals surface area contributed by atoms with Gasteiger partial charge in [0.15, 0.2) is 12.4 Å². The van der Waals surface area contributed by atoms with Gasteiger partial charge in [0.2, 0.25) is 0 Å². The molecular formula is C21H25N4O2+. The van der Waals surface area contributed by atoms with Crippen LogP contribution < -0.4 is 15.8 Å². The Balaban J connectivity index is 1.65. The van der Waals surface area contributed by atoms with Crippen LogP contribution >= 0.6 is 0 Å². The number of nitrogens with zero attached hydrogens (tertiary/aromatic N) is 1. The summed E-state index contributed by atoms with van der Waals surface area (Å²) in [5.41, 5.74) is 1.60. The molecule has 0 bridgehead atoms. The fourth-order valence-corrected chi connectivity index (χ4v) is 3.11. The molecule has 3 N–H and O–H groups in total. The number of fused-ring (bicyclic) bond motifs is 1. The maximum Gasteiger partial charge on any atom is 0.275 e. The van der Waals surface area contributed by atoms with E-state index in [0.717, 1.165) is 17.0 Å². The van der Waals surface area contributed by atoms with Crippen LogP contribution in [-0.4, -0.2) is 29.0 Å². The molecule has 2 aromatic carbocycles. The highest BCUT2D eigenvalue weighted by molar-refractivity contribution is 5.77. The van der Waals surface area contributed by atoms with Gasteiger partial charge in [-0.2, -0.15) is 0 Å². The topological polar surface area (TPSA) is 79.3 Å². The zero-order valence-corrected chi connectivity index (χ0v) is 15.7. The van der Waals surface area contributed by atoms with E-state index in [1.54, 1.807) is 6.07 Å². The number of hydrogen-bond donors (Lipinski definition) is 3. The summed E-state index contributed by atoms with van der Waals surface area (Å²) in [5, 5.41) is 3.61. The summed E-state index contributed by atoms with van der Waals surface area (Å²) in [6.45, 7) is 5.56. The lowest BCUT2D eigenvalue weighted by Crippen LogP contribution is -3.11. The summed E-state index contributed by atoms with van der Waals surface area (Å²) in [6.07, 6.45) is 0. The number of rotatable bonds is 7. The van der Waals surface area contributed by atoms with Crippen LogP contribution in [0.5, 0.6) is 0 Å². The van der Waals surface area contributed by atoms with Crippen molar-refractivity contribution in [3.05, 3.63) is 76.3 Å². The summed E-state index contributed by atoms with van der Waals surface area (Å²) < 4.78 is 0. The van der Waals surface area contributed by atoms with Gasteiger partial charge in [0.1, 0.15) is 6.54 Å². The third-order valence-corrected chi connectivity index (χ3v) is 4.67. The maximum atomic E-state index is 12.4. The molecule has 3 aromatic rings. The number of carbonyl (C=O) groups excluding carboxylic acids is 1. The van der Waals surface area contributed by atoms with E-state index in [4.69, 9.17) is 0 Å². The molecule has 0 saturated carbocycles. The van der Waals surface area contributed by atoms with Gasteiger partial charge < -0.3 is 15.2 Å². The fourth-order valence-electron chi connectivity index (χ4n) is 3.11. The number of H-pyrrole nitrogens is 1. The second kappa shape index (κ2) is 8.60. The van der Waals surface area contributed by atoms with Crippen LogP contribution in [0.1, 0.15) is 31.3 Å². The lowest BCUT2D eigenvalue weighted by molar-refractivity contribution is -0.904. The largest absolute Gasteiger partial charge is 0.345 e. The minimum Gasteiger partial charge on any atom is -0.345 e. The van der Waals surface area contributed by atoms with Crippen molar-refractivity contribution in [3.63, 3.8) is 0 Å². The number of nitrogens with one attached hydrogen (secondary N) is 3. The normalized spacial score (nSPS) is 13.3. The highest BCUT2D eigenvalue weighted by Gasteiger charge is 2.17. The summed E-state index contributed by atoms with van der Waals surface area (Å²) in [7, 11) is 0. The molecule has 27 heavy (non-hydrogen) atoms. The number of carbonyl (C=O) groups is 1. The van der Waals surface area contributed by atoms with E-state index in [1.165, 1.54) is 0 Å². The molecule has 1 unspecified atom stereocenters. The van der Waals surface area contributed by atoms with Crippen molar-refractivity contribution in [2.24, 2.45) is 0 Å². The number of benzene rings is 2. The number of para-hydroxylation sites is 1. The molecule has 1 heterocycles. The van der Waals surface area contributed by atoms with E-state index in [2.05, 4.69) is 15.3 Å². The van der Waals surface area contributed by atoms with E-state index in [-0.39, 0.29) is 17.5 Å². The maximum absolute atomic E-state index is 12.4. The van der Waals surface area contributed by atoms with Crippen LogP contribution in [0.4, 0.5) is 0 Å². The number of amides is 1. The summed E-state index contributed by atoms with van der Waals surface area (Å²) in [5.74, 6) is 0.575. The molecule has 3 rings (SSSR count). The van der Waals surface area contributed by atoms with Gasteiger partial charge in [-0.3, -0.25) is 9.59 Å². The average molecular weight is 365 g/mol. The minimum atomic E-state index is -0.145. The van der Waals surface area contributed by atoms with Gasteiger partial charge >= 0.3 is 0 Å².